The molecule has 0 spiro atoms. The zero-order valence-corrected chi connectivity index (χ0v) is 13.4. The number of hydrogen-bond acceptors (Lipinski definition) is 4. The summed E-state index contributed by atoms with van der Waals surface area (Å²) in [4.78, 5) is 10.6. The average Bonchev–Trinajstić information content (AvgIpc) is 3.30. The van der Waals surface area contributed by atoms with Gasteiger partial charge in [0.25, 0.3) is 0 Å². The van der Waals surface area contributed by atoms with Crippen LogP contribution in [-0.2, 0) is 14.3 Å². The van der Waals surface area contributed by atoms with Crippen molar-refractivity contribution in [3.05, 3.63) is 28.8 Å². The molecule has 0 radical (unpaired) electrons. The summed E-state index contributed by atoms with van der Waals surface area (Å²) < 4.78 is 65.2. The van der Waals surface area contributed by atoms with E-state index in [0.717, 1.165) is 0 Å². The molecule has 1 aromatic rings. The Morgan fingerprint density at radius 2 is 1.78 bits per heavy atom. The van der Waals surface area contributed by atoms with Gasteiger partial charge in [0.15, 0.2) is 23.3 Å². The maximum absolute atomic E-state index is 13.9. The van der Waals surface area contributed by atoms with Gasteiger partial charge in [-0.3, -0.25) is 4.79 Å². The lowest BCUT2D eigenvalue weighted by Gasteiger charge is -2.13. The minimum Gasteiger partial charge on any atom is -0.463 e. The Morgan fingerprint density at radius 3 is 2.26 bits per heavy atom. The molecule has 1 aromatic carbocycles. The summed E-state index contributed by atoms with van der Waals surface area (Å²) in [5.41, 5.74) is -0.617. The number of carbonyl (C=O) groups excluding carboxylic acids is 1. The van der Waals surface area contributed by atoms with Crippen molar-refractivity contribution in [2.45, 2.75) is 37.2 Å². The highest BCUT2D eigenvalue weighted by molar-refractivity contribution is 7.99. The predicted molar refractivity (Wildman–Crippen MR) is 76.4 cm³/mol. The highest BCUT2D eigenvalue weighted by atomic mass is 32.2. The maximum atomic E-state index is 13.9. The molecule has 1 aliphatic rings. The Labute approximate surface area is 135 Å². The maximum Gasteiger partial charge on any atom is 0.306 e. The summed E-state index contributed by atoms with van der Waals surface area (Å²) in [6, 6.07) is 0. The lowest BCUT2D eigenvalue weighted by molar-refractivity contribution is -0.143. The first-order chi connectivity index (χ1) is 10.8. The van der Waals surface area contributed by atoms with Gasteiger partial charge in [0.1, 0.15) is 12.7 Å². The second kappa shape index (κ2) is 7.53. The molecule has 128 valence electrons. The Kier molecular flexibility index (Phi) is 5.91. The Balaban J connectivity index is 2.00. The molecule has 0 amide bonds. The molecule has 1 saturated heterocycles. The fourth-order valence-corrected chi connectivity index (χ4v) is 2.83. The number of benzene rings is 1. The van der Waals surface area contributed by atoms with Crippen LogP contribution in [0.5, 0.6) is 0 Å². The predicted octanol–water partition coefficient (Wildman–Crippen LogP) is 3.79. The Hall–Kier alpha value is -1.28. The molecule has 1 unspecified atom stereocenters. The molecule has 0 saturated carbocycles. The topological polar surface area (TPSA) is 38.8 Å². The van der Waals surface area contributed by atoms with Crippen LogP contribution >= 0.6 is 11.8 Å². The van der Waals surface area contributed by atoms with E-state index in [0.29, 0.717) is 18.4 Å². The second-order valence-corrected chi connectivity index (χ2v) is 6.50. The van der Waals surface area contributed by atoms with E-state index >= 15 is 0 Å². The van der Waals surface area contributed by atoms with Crippen LogP contribution in [0.3, 0.4) is 0 Å². The standard InChI is InChI=1S/C15H16F4O3S/c1-7(2)10-11(16)13(18)15(14(19)12(10)17)23-4-3-9(20)22-6-8-5-21-8/h7-8H,3-6H2,1-2H3. The van der Waals surface area contributed by atoms with E-state index in [4.69, 9.17) is 9.47 Å². The van der Waals surface area contributed by atoms with Gasteiger partial charge in [-0.1, -0.05) is 13.8 Å². The number of rotatable bonds is 7. The van der Waals surface area contributed by atoms with E-state index < -0.39 is 45.6 Å². The van der Waals surface area contributed by atoms with E-state index in [9.17, 15) is 22.4 Å². The van der Waals surface area contributed by atoms with E-state index in [1.807, 2.05) is 0 Å². The molecule has 0 bridgehead atoms. The first-order valence-electron chi connectivity index (χ1n) is 7.08. The molecule has 0 aliphatic carbocycles. The fourth-order valence-electron chi connectivity index (χ4n) is 1.92. The van der Waals surface area contributed by atoms with Crippen LogP contribution in [-0.4, -0.2) is 31.0 Å². The number of ether oxygens (including phenoxy) is 2. The third-order valence-electron chi connectivity index (χ3n) is 3.22. The molecule has 1 fully saturated rings. The second-order valence-electron chi connectivity index (χ2n) is 5.39. The van der Waals surface area contributed by atoms with Crippen molar-refractivity contribution < 1.29 is 31.8 Å². The lowest BCUT2D eigenvalue weighted by atomic mass is 10.0. The molecule has 1 atom stereocenters. The molecule has 0 aromatic heterocycles. The molecule has 3 nitrogen and oxygen atoms in total. The van der Waals surface area contributed by atoms with Crippen LogP contribution in [0.4, 0.5) is 17.6 Å². The van der Waals surface area contributed by atoms with Gasteiger partial charge in [-0.25, -0.2) is 17.6 Å². The SMILES string of the molecule is CC(C)c1c(F)c(F)c(SCCC(=O)OCC2CO2)c(F)c1F. The molecule has 1 aliphatic heterocycles. The van der Waals surface area contributed by atoms with Crippen LogP contribution in [0.2, 0.25) is 0 Å². The quantitative estimate of drug-likeness (QED) is 0.246. The molecular formula is C15H16F4O3S. The monoisotopic (exact) mass is 352 g/mol. The van der Waals surface area contributed by atoms with Gasteiger partial charge < -0.3 is 9.47 Å². The summed E-state index contributed by atoms with van der Waals surface area (Å²) in [6.45, 7) is 3.55. The van der Waals surface area contributed by atoms with Gasteiger partial charge in [0, 0.05) is 11.3 Å². The van der Waals surface area contributed by atoms with Crippen molar-refractivity contribution in [2.75, 3.05) is 19.0 Å². The highest BCUT2D eigenvalue weighted by Gasteiger charge is 2.27. The van der Waals surface area contributed by atoms with E-state index in [2.05, 4.69) is 0 Å². The fraction of sp³-hybridized carbons (Fsp3) is 0.533. The van der Waals surface area contributed by atoms with Gasteiger partial charge in [-0.15, -0.1) is 11.8 Å². The van der Waals surface area contributed by atoms with Crippen molar-refractivity contribution in [1.82, 2.24) is 0 Å². The number of esters is 1. The summed E-state index contributed by atoms with van der Waals surface area (Å²) in [7, 11) is 0. The third kappa shape index (κ3) is 4.38. The van der Waals surface area contributed by atoms with Crippen molar-refractivity contribution in [1.29, 1.82) is 0 Å². The van der Waals surface area contributed by atoms with Crippen LogP contribution < -0.4 is 0 Å². The summed E-state index contributed by atoms with van der Waals surface area (Å²) in [6.07, 6.45) is -0.209. The average molecular weight is 352 g/mol. The van der Waals surface area contributed by atoms with Crippen molar-refractivity contribution in [2.24, 2.45) is 0 Å². The molecule has 2 rings (SSSR count). The first-order valence-corrected chi connectivity index (χ1v) is 8.07. The van der Waals surface area contributed by atoms with Gasteiger partial charge in [0.2, 0.25) is 0 Å². The molecule has 0 N–H and O–H groups in total. The molecule has 1 heterocycles. The van der Waals surface area contributed by atoms with E-state index in [-0.39, 0.29) is 24.9 Å². The van der Waals surface area contributed by atoms with Gasteiger partial charge in [-0.05, 0) is 5.92 Å². The summed E-state index contributed by atoms with van der Waals surface area (Å²) in [5, 5.41) is 0. The number of thioether (sulfide) groups is 1. The third-order valence-corrected chi connectivity index (χ3v) is 4.27. The molecule has 23 heavy (non-hydrogen) atoms. The van der Waals surface area contributed by atoms with Crippen molar-refractivity contribution in [3.8, 4) is 0 Å². The minimum atomic E-state index is -1.43. The lowest BCUT2D eigenvalue weighted by Crippen LogP contribution is -2.11. The minimum absolute atomic E-state index is 0.0574. The largest absolute Gasteiger partial charge is 0.463 e. The zero-order chi connectivity index (χ0) is 17.1. The van der Waals surface area contributed by atoms with Crippen LogP contribution in [0.15, 0.2) is 4.90 Å². The van der Waals surface area contributed by atoms with Crippen LogP contribution in [0, 0.1) is 23.3 Å². The zero-order valence-electron chi connectivity index (χ0n) is 12.6. The number of epoxide rings is 1. The first kappa shape index (κ1) is 18.1. The van der Waals surface area contributed by atoms with E-state index in [1.165, 1.54) is 13.8 Å². The molecule has 8 heteroatoms. The normalized spacial score (nSPS) is 16.7. The van der Waals surface area contributed by atoms with Crippen LogP contribution in [0.25, 0.3) is 0 Å². The number of carbonyl (C=O) groups is 1. The van der Waals surface area contributed by atoms with Crippen LogP contribution in [0.1, 0.15) is 31.7 Å². The number of halogens is 4. The van der Waals surface area contributed by atoms with Gasteiger partial charge >= 0.3 is 5.97 Å². The van der Waals surface area contributed by atoms with Crippen molar-refractivity contribution >= 4 is 17.7 Å². The van der Waals surface area contributed by atoms with Gasteiger partial charge in [-0.2, -0.15) is 0 Å². The Morgan fingerprint density at radius 1 is 1.22 bits per heavy atom. The Bertz CT molecular complexity index is 574. The number of hydrogen-bond donors (Lipinski definition) is 0. The summed E-state index contributed by atoms with van der Waals surface area (Å²) in [5.74, 6) is -6.97. The summed E-state index contributed by atoms with van der Waals surface area (Å²) >= 11 is 0.539. The van der Waals surface area contributed by atoms with Crippen molar-refractivity contribution in [3.63, 3.8) is 0 Å². The smallest absolute Gasteiger partial charge is 0.306 e. The van der Waals surface area contributed by atoms with Gasteiger partial charge in [0.05, 0.1) is 17.9 Å². The van der Waals surface area contributed by atoms with E-state index in [1.54, 1.807) is 0 Å². The molecular weight excluding hydrogens is 336 g/mol. The highest BCUT2D eigenvalue weighted by Crippen LogP contribution is 2.34.